The van der Waals surface area contributed by atoms with Crippen LogP contribution in [0.15, 0.2) is 28.9 Å². The Morgan fingerprint density at radius 3 is 2.62 bits per heavy atom. The molecule has 2 rings (SSSR count). The molecule has 1 aromatic heterocycles. The van der Waals surface area contributed by atoms with E-state index in [1.807, 2.05) is 13.8 Å². The molecule has 21 heavy (non-hydrogen) atoms. The highest BCUT2D eigenvalue weighted by Gasteiger charge is 2.12. The lowest BCUT2D eigenvalue weighted by Gasteiger charge is -2.06. The molecule has 2 aromatic rings. The first kappa shape index (κ1) is 17.8. The summed E-state index contributed by atoms with van der Waals surface area (Å²) in [7, 11) is 0. The van der Waals surface area contributed by atoms with Crippen LogP contribution in [0.2, 0.25) is 0 Å². The van der Waals surface area contributed by atoms with Crippen molar-refractivity contribution >= 4 is 23.2 Å². The molecule has 0 unspecified atom stereocenters. The maximum Gasteiger partial charge on any atom is 0.229 e. The third kappa shape index (κ3) is 5.21. The number of hydrogen-bond donors (Lipinski definition) is 0. The molecular weight excluding hydrogens is 316 g/mol. The molecular formula is C15H18Cl2FNO2. The van der Waals surface area contributed by atoms with Crippen molar-refractivity contribution in [2.45, 2.75) is 26.1 Å². The number of nitrogens with zero attached hydrogens (tertiary/aromatic N) is 1. The van der Waals surface area contributed by atoms with Crippen molar-refractivity contribution in [1.29, 1.82) is 0 Å². The third-order valence-corrected chi connectivity index (χ3v) is 2.95. The minimum absolute atomic E-state index is 0.209. The van der Waals surface area contributed by atoms with E-state index < -0.39 is 5.82 Å². The third-order valence-electron chi connectivity index (χ3n) is 2.41. The fraction of sp³-hybridized carbons (Fsp3) is 0.400. The van der Waals surface area contributed by atoms with E-state index >= 15 is 0 Å². The zero-order valence-electron chi connectivity index (χ0n) is 12.0. The summed E-state index contributed by atoms with van der Waals surface area (Å²) in [4.78, 5) is 4.07. The number of halogens is 3. The van der Waals surface area contributed by atoms with Gasteiger partial charge in [-0.1, -0.05) is 13.8 Å². The van der Waals surface area contributed by atoms with Crippen LogP contribution in [0.3, 0.4) is 0 Å². The maximum atomic E-state index is 13.9. The van der Waals surface area contributed by atoms with Crippen molar-refractivity contribution in [3.05, 3.63) is 36.0 Å². The second kappa shape index (κ2) is 9.64. The van der Waals surface area contributed by atoms with E-state index in [-0.39, 0.29) is 17.3 Å². The molecule has 0 saturated carbocycles. The van der Waals surface area contributed by atoms with Gasteiger partial charge in [-0.2, -0.15) is 0 Å². The summed E-state index contributed by atoms with van der Waals surface area (Å²) in [6.07, 6.45) is 2.12. The lowest BCUT2D eigenvalue weighted by Crippen LogP contribution is -1.98. The highest BCUT2D eigenvalue weighted by atomic mass is 35.5. The summed E-state index contributed by atoms with van der Waals surface area (Å²) in [5.41, 5.74) is 0.847. The van der Waals surface area contributed by atoms with Gasteiger partial charge in [-0.3, -0.25) is 0 Å². The molecule has 0 radical (unpaired) electrons. The summed E-state index contributed by atoms with van der Waals surface area (Å²) in [5.74, 6) is 0.949. The summed E-state index contributed by atoms with van der Waals surface area (Å²) >= 11 is 11.2. The van der Waals surface area contributed by atoms with Crippen molar-refractivity contribution in [2.24, 2.45) is 0 Å². The standard InChI is InChI=1S/C13H12Cl2FNO2.C2H6/c14-4-1-5-18-10-2-3-11(12(16)6-10)13-17-9(7-15)8-19-13;1-2/h2-3,6,8H,1,4-5,7H2;1-2H3. The Hall–Kier alpha value is -1.26. The molecule has 1 heterocycles. The average molecular weight is 334 g/mol. The quantitative estimate of drug-likeness (QED) is 0.534. The van der Waals surface area contributed by atoms with Crippen LogP contribution in [-0.4, -0.2) is 17.5 Å². The number of alkyl halides is 2. The van der Waals surface area contributed by atoms with Crippen LogP contribution >= 0.6 is 23.2 Å². The van der Waals surface area contributed by atoms with Crippen LogP contribution in [0.5, 0.6) is 5.75 Å². The minimum atomic E-state index is -0.452. The molecule has 0 amide bonds. The van der Waals surface area contributed by atoms with Crippen molar-refractivity contribution < 1.29 is 13.5 Å². The van der Waals surface area contributed by atoms with Gasteiger partial charge in [0.1, 0.15) is 17.8 Å². The van der Waals surface area contributed by atoms with Crippen LogP contribution in [0.1, 0.15) is 26.0 Å². The normalized spacial score (nSPS) is 9.95. The van der Waals surface area contributed by atoms with Gasteiger partial charge in [0, 0.05) is 11.9 Å². The fourth-order valence-corrected chi connectivity index (χ4v) is 1.73. The van der Waals surface area contributed by atoms with E-state index in [9.17, 15) is 4.39 Å². The summed E-state index contributed by atoms with van der Waals surface area (Å²) in [6.45, 7) is 4.46. The van der Waals surface area contributed by atoms with Gasteiger partial charge in [0.2, 0.25) is 5.89 Å². The lowest BCUT2D eigenvalue weighted by atomic mass is 10.2. The van der Waals surface area contributed by atoms with Crippen molar-refractivity contribution in [3.63, 3.8) is 0 Å². The number of hydrogen-bond acceptors (Lipinski definition) is 3. The Balaban J connectivity index is 0.00000106. The second-order valence-electron chi connectivity index (χ2n) is 3.81. The Kier molecular flexibility index (Phi) is 8.16. The Bertz CT molecular complexity index is 546. The molecule has 0 saturated heterocycles. The SMILES string of the molecule is CC.Fc1cc(OCCCCl)ccc1-c1nc(CCl)co1. The highest BCUT2D eigenvalue weighted by molar-refractivity contribution is 6.17. The molecule has 0 fully saturated rings. The van der Waals surface area contributed by atoms with Crippen LogP contribution in [-0.2, 0) is 5.88 Å². The second-order valence-corrected chi connectivity index (χ2v) is 4.46. The topological polar surface area (TPSA) is 35.3 Å². The Morgan fingerprint density at radius 2 is 2.05 bits per heavy atom. The zero-order chi connectivity index (χ0) is 15.7. The Morgan fingerprint density at radius 1 is 1.29 bits per heavy atom. The molecule has 6 heteroatoms. The molecule has 3 nitrogen and oxygen atoms in total. The van der Waals surface area contributed by atoms with Crippen molar-refractivity contribution in [2.75, 3.05) is 12.5 Å². The molecule has 0 bridgehead atoms. The largest absolute Gasteiger partial charge is 0.493 e. The van der Waals surface area contributed by atoms with Crippen LogP contribution in [0, 0.1) is 5.82 Å². The molecule has 0 aliphatic heterocycles. The van der Waals surface area contributed by atoms with E-state index in [0.717, 1.165) is 0 Å². The van der Waals surface area contributed by atoms with Gasteiger partial charge in [-0.15, -0.1) is 23.2 Å². The first-order chi connectivity index (χ1) is 10.2. The van der Waals surface area contributed by atoms with Gasteiger partial charge in [-0.05, 0) is 18.6 Å². The first-order valence-electron chi connectivity index (χ1n) is 6.73. The number of aromatic nitrogens is 1. The molecule has 0 spiro atoms. The molecule has 0 aliphatic rings. The monoisotopic (exact) mass is 333 g/mol. The van der Waals surface area contributed by atoms with Crippen LogP contribution in [0.25, 0.3) is 11.5 Å². The lowest BCUT2D eigenvalue weighted by molar-refractivity contribution is 0.316. The number of oxazole rings is 1. The summed E-state index contributed by atoms with van der Waals surface area (Å²) in [5, 5.41) is 0. The van der Waals surface area contributed by atoms with Gasteiger partial charge in [0.05, 0.1) is 23.7 Å². The smallest absolute Gasteiger partial charge is 0.229 e. The van der Waals surface area contributed by atoms with E-state index in [4.69, 9.17) is 32.4 Å². The van der Waals surface area contributed by atoms with Gasteiger partial charge in [0.25, 0.3) is 0 Å². The highest BCUT2D eigenvalue weighted by Crippen LogP contribution is 2.26. The maximum absolute atomic E-state index is 13.9. The summed E-state index contributed by atoms with van der Waals surface area (Å²) in [6, 6.07) is 4.53. The number of rotatable bonds is 6. The minimum Gasteiger partial charge on any atom is -0.493 e. The predicted molar refractivity (Wildman–Crippen MR) is 83.6 cm³/mol. The number of benzene rings is 1. The predicted octanol–water partition coefficient (Wildman–Crippen LogP) is 5.25. The van der Waals surface area contributed by atoms with E-state index in [2.05, 4.69) is 4.98 Å². The first-order valence-corrected chi connectivity index (χ1v) is 7.80. The molecule has 0 aliphatic carbocycles. The zero-order valence-corrected chi connectivity index (χ0v) is 13.5. The van der Waals surface area contributed by atoms with Crippen LogP contribution < -0.4 is 4.74 Å². The molecule has 116 valence electrons. The van der Waals surface area contributed by atoms with Gasteiger partial charge >= 0.3 is 0 Å². The molecule has 1 aromatic carbocycles. The van der Waals surface area contributed by atoms with Crippen molar-refractivity contribution in [1.82, 2.24) is 4.98 Å². The van der Waals surface area contributed by atoms with Gasteiger partial charge in [-0.25, -0.2) is 9.37 Å². The van der Waals surface area contributed by atoms with Crippen molar-refractivity contribution in [3.8, 4) is 17.2 Å². The number of ether oxygens (including phenoxy) is 1. The average Bonchev–Trinajstić information content (AvgIpc) is 2.98. The summed E-state index contributed by atoms with van der Waals surface area (Å²) < 4.78 is 24.4. The van der Waals surface area contributed by atoms with E-state index in [1.165, 1.54) is 12.3 Å². The van der Waals surface area contributed by atoms with E-state index in [1.54, 1.807) is 12.1 Å². The molecule has 0 atom stereocenters. The molecule has 0 N–H and O–H groups in total. The van der Waals surface area contributed by atoms with Gasteiger partial charge < -0.3 is 9.15 Å². The Labute approximate surface area is 134 Å². The van der Waals surface area contributed by atoms with Gasteiger partial charge in [0.15, 0.2) is 0 Å². The fourth-order valence-electron chi connectivity index (χ4n) is 1.50. The van der Waals surface area contributed by atoms with Crippen LogP contribution in [0.4, 0.5) is 4.39 Å². The van der Waals surface area contributed by atoms with E-state index in [0.29, 0.717) is 30.4 Å².